The van der Waals surface area contributed by atoms with Gasteiger partial charge in [0.1, 0.15) is 0 Å². The number of hydrogen-bond donors (Lipinski definition) is 2. The van der Waals surface area contributed by atoms with E-state index in [1.807, 2.05) is 6.92 Å². The molecule has 1 aromatic heterocycles. The largest absolute Gasteiger partial charge is 0.493 e. The van der Waals surface area contributed by atoms with Gasteiger partial charge in [-0.3, -0.25) is 19.3 Å². The van der Waals surface area contributed by atoms with Gasteiger partial charge in [-0.1, -0.05) is 17.7 Å². The van der Waals surface area contributed by atoms with E-state index in [2.05, 4.69) is 10.2 Å². The first-order chi connectivity index (χ1) is 13.9. The summed E-state index contributed by atoms with van der Waals surface area (Å²) in [5.41, 5.74) is 2.71. The van der Waals surface area contributed by atoms with Crippen molar-refractivity contribution in [2.45, 2.75) is 18.2 Å². The van der Waals surface area contributed by atoms with Crippen LogP contribution in [0.3, 0.4) is 0 Å². The van der Waals surface area contributed by atoms with E-state index in [-0.39, 0.29) is 23.4 Å². The Morgan fingerprint density at radius 1 is 1.00 bits per heavy atom. The molecule has 3 aromatic rings. The number of fused-ring (bicyclic) bond motifs is 3. The summed E-state index contributed by atoms with van der Waals surface area (Å²) < 4.78 is 39.1. The smallest absolute Gasteiger partial charge is 0.267 e. The van der Waals surface area contributed by atoms with Crippen molar-refractivity contribution < 1.29 is 17.9 Å². The Bertz CT molecular complexity index is 1230. The Hall–Kier alpha value is -3.20. The molecule has 8 nitrogen and oxygen atoms in total. The molecule has 0 saturated heterocycles. The fraction of sp³-hybridized carbons (Fsp3) is 0.250. The monoisotopic (exact) mass is 415 g/mol. The molecule has 0 spiro atoms. The van der Waals surface area contributed by atoms with E-state index in [0.717, 1.165) is 5.56 Å². The summed E-state index contributed by atoms with van der Waals surface area (Å²) in [6.07, 6.45) is 0.262. The molecule has 4 rings (SSSR count). The number of aryl methyl sites for hydroxylation is 1. The molecule has 9 heteroatoms. The number of aromatic amines is 2. The third-order valence-electron chi connectivity index (χ3n) is 5.09. The summed E-state index contributed by atoms with van der Waals surface area (Å²) in [6, 6.07) is 9.99. The zero-order valence-electron chi connectivity index (χ0n) is 16.3. The highest BCUT2D eigenvalue weighted by Crippen LogP contribution is 2.43. The van der Waals surface area contributed by atoms with Crippen molar-refractivity contribution in [3.8, 4) is 22.8 Å². The van der Waals surface area contributed by atoms with Gasteiger partial charge in [0.15, 0.2) is 11.5 Å². The second kappa shape index (κ2) is 7.00. The van der Waals surface area contributed by atoms with Crippen molar-refractivity contribution in [1.29, 1.82) is 0 Å². The molecule has 2 N–H and O–H groups in total. The highest BCUT2D eigenvalue weighted by atomic mass is 32.2. The number of H-pyrrole nitrogens is 2. The fourth-order valence-corrected chi connectivity index (χ4v) is 5.02. The maximum absolute atomic E-state index is 13.5. The van der Waals surface area contributed by atoms with Crippen LogP contribution in [-0.2, 0) is 16.4 Å². The van der Waals surface area contributed by atoms with E-state index in [1.165, 1.54) is 18.5 Å². The van der Waals surface area contributed by atoms with Crippen LogP contribution in [0.4, 0.5) is 5.69 Å². The van der Waals surface area contributed by atoms with Crippen LogP contribution in [-0.4, -0.2) is 39.4 Å². The van der Waals surface area contributed by atoms with Crippen LogP contribution in [0.5, 0.6) is 11.5 Å². The van der Waals surface area contributed by atoms with Gasteiger partial charge in [-0.05, 0) is 31.5 Å². The summed E-state index contributed by atoms with van der Waals surface area (Å²) in [4.78, 5) is 12.4. The molecular formula is C20H21N3O5S. The van der Waals surface area contributed by atoms with Crippen molar-refractivity contribution in [1.82, 2.24) is 10.2 Å². The zero-order valence-corrected chi connectivity index (χ0v) is 17.1. The molecule has 2 heterocycles. The van der Waals surface area contributed by atoms with E-state index in [4.69, 9.17) is 9.47 Å². The van der Waals surface area contributed by atoms with Crippen LogP contribution in [0.2, 0.25) is 0 Å². The molecule has 2 aromatic carbocycles. The molecule has 1 aliphatic heterocycles. The minimum atomic E-state index is -3.86. The predicted octanol–water partition coefficient (Wildman–Crippen LogP) is 2.45. The first-order valence-electron chi connectivity index (χ1n) is 9.02. The van der Waals surface area contributed by atoms with Gasteiger partial charge in [-0.25, -0.2) is 8.42 Å². The number of rotatable bonds is 4. The Labute approximate surface area is 168 Å². The van der Waals surface area contributed by atoms with Gasteiger partial charge < -0.3 is 9.47 Å². The fourth-order valence-electron chi connectivity index (χ4n) is 3.55. The highest BCUT2D eigenvalue weighted by Gasteiger charge is 2.32. The van der Waals surface area contributed by atoms with Crippen molar-refractivity contribution in [2.75, 3.05) is 25.1 Å². The lowest BCUT2D eigenvalue weighted by Crippen LogP contribution is -2.33. The molecule has 0 unspecified atom stereocenters. The van der Waals surface area contributed by atoms with E-state index < -0.39 is 10.0 Å². The minimum Gasteiger partial charge on any atom is -0.493 e. The number of benzene rings is 2. The van der Waals surface area contributed by atoms with Crippen molar-refractivity contribution in [3.05, 3.63) is 57.9 Å². The molecular weight excluding hydrogens is 394 g/mol. The maximum Gasteiger partial charge on any atom is 0.267 e. The minimum absolute atomic E-state index is 0.118. The molecule has 1 aliphatic rings. The Morgan fingerprint density at radius 3 is 2.31 bits per heavy atom. The van der Waals surface area contributed by atoms with Gasteiger partial charge in [0.25, 0.3) is 15.6 Å². The van der Waals surface area contributed by atoms with Crippen LogP contribution in [0.1, 0.15) is 11.1 Å². The molecule has 0 aliphatic carbocycles. The number of sulfonamides is 1. The molecule has 29 heavy (non-hydrogen) atoms. The normalized spacial score (nSPS) is 13.4. The molecule has 0 radical (unpaired) electrons. The Morgan fingerprint density at radius 2 is 1.66 bits per heavy atom. The van der Waals surface area contributed by atoms with Gasteiger partial charge in [0, 0.05) is 23.7 Å². The summed E-state index contributed by atoms with van der Waals surface area (Å²) >= 11 is 0. The topological polar surface area (TPSA) is 104 Å². The van der Waals surface area contributed by atoms with Crippen LogP contribution < -0.4 is 19.3 Å². The average Bonchev–Trinajstić information content (AvgIpc) is 2.99. The first kappa shape index (κ1) is 19.1. The standard InChI is InChI=1S/C20H21N3O5S/c1-12-4-6-13(7-5-12)29(25,26)23-9-8-14-19(21-22-20(14)24)15-10-17(27-2)18(28-3)11-16(15)23/h4-7,10-11H,8-9H2,1-3H3,(H2,21,22,24). The average molecular weight is 415 g/mol. The number of anilines is 1. The van der Waals surface area contributed by atoms with Crippen LogP contribution in [0, 0.1) is 6.92 Å². The number of aromatic nitrogens is 2. The number of methoxy groups -OCH3 is 2. The molecule has 152 valence electrons. The summed E-state index contributed by atoms with van der Waals surface area (Å²) in [7, 11) is -0.866. The van der Waals surface area contributed by atoms with E-state index >= 15 is 0 Å². The SMILES string of the molecule is COc1cc2c(cc1OC)N(S(=O)(=O)c1ccc(C)cc1)CCc1c-2[nH][nH]c1=O. The lowest BCUT2D eigenvalue weighted by Gasteiger charge is -2.25. The van der Waals surface area contributed by atoms with Crippen molar-refractivity contribution in [3.63, 3.8) is 0 Å². The molecule has 0 saturated carbocycles. The van der Waals surface area contributed by atoms with Gasteiger partial charge in [0.2, 0.25) is 0 Å². The van der Waals surface area contributed by atoms with E-state index in [9.17, 15) is 13.2 Å². The lowest BCUT2D eigenvalue weighted by molar-refractivity contribution is 0.355. The Kier molecular flexibility index (Phi) is 4.62. The maximum atomic E-state index is 13.5. The van der Waals surface area contributed by atoms with Gasteiger partial charge in [-0.2, -0.15) is 0 Å². The molecule has 0 amide bonds. The van der Waals surface area contributed by atoms with Crippen LogP contribution >= 0.6 is 0 Å². The summed E-state index contributed by atoms with van der Waals surface area (Å²) in [5, 5.41) is 5.46. The van der Waals surface area contributed by atoms with Crippen LogP contribution in [0.15, 0.2) is 46.1 Å². The summed E-state index contributed by atoms with van der Waals surface area (Å²) in [6.45, 7) is 2.01. The van der Waals surface area contributed by atoms with E-state index in [1.54, 1.807) is 36.4 Å². The highest BCUT2D eigenvalue weighted by molar-refractivity contribution is 7.92. The van der Waals surface area contributed by atoms with E-state index in [0.29, 0.717) is 34.0 Å². The number of ether oxygens (including phenoxy) is 2. The first-order valence-corrected chi connectivity index (χ1v) is 10.5. The summed E-state index contributed by atoms with van der Waals surface area (Å²) in [5.74, 6) is 0.838. The van der Waals surface area contributed by atoms with Gasteiger partial charge in [0.05, 0.1) is 30.5 Å². The van der Waals surface area contributed by atoms with Crippen molar-refractivity contribution >= 4 is 15.7 Å². The predicted molar refractivity (Wildman–Crippen MR) is 109 cm³/mol. The van der Waals surface area contributed by atoms with Gasteiger partial charge >= 0.3 is 0 Å². The lowest BCUT2D eigenvalue weighted by atomic mass is 10.1. The number of hydrogen-bond acceptors (Lipinski definition) is 5. The van der Waals surface area contributed by atoms with Crippen LogP contribution in [0.25, 0.3) is 11.3 Å². The quantitative estimate of drug-likeness (QED) is 0.681. The number of nitrogens with one attached hydrogen (secondary N) is 2. The second-order valence-corrected chi connectivity index (χ2v) is 8.66. The Balaban J connectivity index is 1.97. The molecule has 0 atom stereocenters. The van der Waals surface area contributed by atoms with Crippen molar-refractivity contribution in [2.24, 2.45) is 0 Å². The third kappa shape index (κ3) is 3.07. The number of nitrogens with zero attached hydrogens (tertiary/aromatic N) is 1. The molecule has 0 bridgehead atoms. The molecule has 0 fully saturated rings. The third-order valence-corrected chi connectivity index (χ3v) is 6.92. The van der Waals surface area contributed by atoms with Gasteiger partial charge in [-0.15, -0.1) is 0 Å². The second-order valence-electron chi connectivity index (χ2n) is 6.80. The zero-order chi connectivity index (χ0) is 20.8.